The Kier molecular flexibility index (Phi) is 55.7. The lowest BCUT2D eigenvalue weighted by atomic mass is 10.0. The van der Waals surface area contributed by atoms with Gasteiger partial charge in [-0.2, -0.15) is 0 Å². The molecule has 0 saturated carbocycles. The van der Waals surface area contributed by atoms with E-state index >= 15 is 0 Å². The van der Waals surface area contributed by atoms with Crippen molar-refractivity contribution in [2.45, 2.75) is 328 Å². The number of allylic oxidation sites excluding steroid dienone is 7. The van der Waals surface area contributed by atoms with Gasteiger partial charge in [0.1, 0.15) is 19.3 Å². The van der Waals surface area contributed by atoms with Crippen LogP contribution < -0.4 is 10.2 Å². The number of hydrogen-bond donors (Lipinski definition) is 1. The number of likely N-dealkylation sites (N-methyl/N-ethyl adjacent to an activating group) is 1. The normalized spacial score (nSPS) is 13.9. The number of nitrogens with zero attached hydrogens (tertiary/aromatic N) is 1. The Morgan fingerprint density at radius 1 is 0.455 bits per heavy atom. The van der Waals surface area contributed by atoms with Gasteiger partial charge >= 0.3 is 5.97 Å². The number of amides is 1. The molecule has 1 N–H and O–H groups in total. The Bertz CT molecular complexity index is 1460. The topological polar surface area (TPSA) is 114 Å². The quantitative estimate of drug-likeness (QED) is 0.0212. The summed E-state index contributed by atoms with van der Waals surface area (Å²) < 4.78 is 30.3. The number of hydrogen-bond acceptors (Lipinski definition) is 7. The molecule has 0 aromatic carbocycles. The molecule has 0 fully saturated rings. The van der Waals surface area contributed by atoms with Crippen molar-refractivity contribution < 1.29 is 37.3 Å². The smallest absolute Gasteiger partial charge is 0.306 e. The predicted molar refractivity (Wildman–Crippen MR) is 330 cm³/mol. The van der Waals surface area contributed by atoms with Gasteiger partial charge in [0.2, 0.25) is 5.91 Å². The van der Waals surface area contributed by atoms with Crippen LogP contribution in [0.1, 0.15) is 316 Å². The van der Waals surface area contributed by atoms with Crippen molar-refractivity contribution in [2.24, 2.45) is 0 Å². The lowest BCUT2D eigenvalue weighted by molar-refractivity contribution is -0.870. The van der Waals surface area contributed by atoms with E-state index in [1.807, 2.05) is 33.3 Å². The maximum absolute atomic E-state index is 13.5. The highest BCUT2D eigenvalue weighted by Crippen LogP contribution is 2.38. The molecule has 77 heavy (non-hydrogen) atoms. The fraction of sp³-hybridized carbons (Fsp3) is 0.851. The second kappa shape index (κ2) is 57.2. The van der Waals surface area contributed by atoms with Crippen molar-refractivity contribution in [1.29, 1.82) is 0 Å². The molecule has 0 aromatic rings. The Morgan fingerprint density at radius 3 is 1.21 bits per heavy atom. The van der Waals surface area contributed by atoms with E-state index in [1.165, 1.54) is 193 Å². The van der Waals surface area contributed by atoms with E-state index in [0.717, 1.165) is 89.9 Å². The molecule has 0 bridgehead atoms. The van der Waals surface area contributed by atoms with Crippen LogP contribution in [-0.2, 0) is 27.9 Å². The van der Waals surface area contributed by atoms with Gasteiger partial charge in [-0.05, 0) is 70.3 Å². The van der Waals surface area contributed by atoms with Crippen LogP contribution in [0.25, 0.3) is 0 Å². The van der Waals surface area contributed by atoms with Crippen LogP contribution in [0.5, 0.6) is 0 Å². The molecule has 0 aliphatic carbocycles. The van der Waals surface area contributed by atoms with Crippen molar-refractivity contribution >= 4 is 19.7 Å². The minimum atomic E-state index is -4.70. The predicted octanol–water partition coefficient (Wildman–Crippen LogP) is 19.8. The minimum Gasteiger partial charge on any atom is -0.756 e. The van der Waals surface area contributed by atoms with E-state index in [1.54, 1.807) is 0 Å². The lowest BCUT2D eigenvalue weighted by Gasteiger charge is -2.30. The molecule has 0 spiro atoms. The van der Waals surface area contributed by atoms with Gasteiger partial charge in [0.15, 0.2) is 0 Å². The fourth-order valence-electron chi connectivity index (χ4n) is 9.65. The summed E-state index contributed by atoms with van der Waals surface area (Å²) in [5.41, 5.74) is 0. The molecule has 3 atom stereocenters. The Morgan fingerprint density at radius 2 is 0.792 bits per heavy atom. The fourth-order valence-corrected chi connectivity index (χ4v) is 10.4. The van der Waals surface area contributed by atoms with Crippen LogP contribution in [0.2, 0.25) is 0 Å². The number of phosphoric ester groups is 1. The van der Waals surface area contributed by atoms with E-state index in [2.05, 4.69) is 62.5 Å². The molecule has 0 heterocycles. The molecule has 0 rings (SSSR count). The van der Waals surface area contributed by atoms with Crippen LogP contribution >= 0.6 is 7.82 Å². The number of carbonyl (C=O) groups is 2. The second-order valence-electron chi connectivity index (χ2n) is 23.6. The summed E-state index contributed by atoms with van der Waals surface area (Å²) in [4.78, 5) is 40.0. The number of unbranched alkanes of at least 4 members (excludes halogenated alkanes) is 38. The Balaban J connectivity index is 5.14. The van der Waals surface area contributed by atoms with E-state index in [4.69, 9.17) is 13.8 Å². The van der Waals surface area contributed by atoms with Crippen molar-refractivity contribution in [1.82, 2.24) is 5.32 Å². The number of quaternary nitrogens is 1. The molecule has 3 unspecified atom stereocenters. The van der Waals surface area contributed by atoms with Crippen LogP contribution in [0.15, 0.2) is 48.6 Å². The highest BCUT2D eigenvalue weighted by Gasteiger charge is 2.27. The second-order valence-corrected chi connectivity index (χ2v) is 25.0. The molecule has 1 amide bonds. The van der Waals surface area contributed by atoms with Gasteiger partial charge < -0.3 is 28.5 Å². The van der Waals surface area contributed by atoms with Gasteiger partial charge in [0.25, 0.3) is 7.82 Å². The Hall–Kier alpha value is -2.03. The summed E-state index contributed by atoms with van der Waals surface area (Å²) >= 11 is 0. The molecule has 0 radical (unpaired) electrons. The van der Waals surface area contributed by atoms with Gasteiger partial charge in [-0.3, -0.25) is 14.2 Å². The molecular formula is C67H127N2O7P. The van der Waals surface area contributed by atoms with Crippen LogP contribution in [0.3, 0.4) is 0 Å². The van der Waals surface area contributed by atoms with Gasteiger partial charge in [0, 0.05) is 12.8 Å². The number of esters is 1. The first-order valence-electron chi connectivity index (χ1n) is 32.9. The number of phosphoric acid groups is 1. The molecular weight excluding hydrogens is 976 g/mol. The molecule has 0 aliphatic rings. The molecule has 9 nitrogen and oxygen atoms in total. The summed E-state index contributed by atoms with van der Waals surface area (Å²) in [5, 5.41) is 3.03. The highest BCUT2D eigenvalue weighted by molar-refractivity contribution is 7.45. The maximum Gasteiger partial charge on any atom is 0.306 e. The van der Waals surface area contributed by atoms with E-state index in [-0.39, 0.29) is 24.9 Å². The number of nitrogens with one attached hydrogen (secondary N) is 1. The summed E-state index contributed by atoms with van der Waals surface area (Å²) in [6.07, 6.45) is 70.8. The third-order valence-electron chi connectivity index (χ3n) is 14.8. The van der Waals surface area contributed by atoms with Gasteiger partial charge in [-0.1, -0.05) is 282 Å². The third kappa shape index (κ3) is 58.4. The SMILES string of the molecule is CCCCC/C=C\C/C=C\C/C=C\CCCCCCCCC(=O)NC(COP(=O)([O-])OCC[N+](C)(C)C)C(/C=C/CCCCCCCCCCC)OC(=O)CCCCCCCCCCCCCCCCCCCCCCC. The van der Waals surface area contributed by atoms with Crippen molar-refractivity contribution in [3.63, 3.8) is 0 Å². The standard InChI is InChI=1S/C67H127N2O7P/c1-7-10-13-16-19-22-25-27-29-31-33-34-36-38-40-42-45-48-51-54-57-60-67(71)76-65(58-55-52-49-46-43-24-21-18-15-12-9-3)64(63-75-77(72,73)74-62-61-69(4,5)6)68-66(70)59-56-53-50-47-44-41-39-37-35-32-30-28-26-23-20-17-14-11-8-2/h20,23,28,30,35,37,55,58,64-65H,7-19,21-22,24-27,29,31-34,36,38-54,56-57,59-63H2,1-6H3,(H-,68,70,72,73)/b23-20-,30-28-,37-35-,58-55+. The van der Waals surface area contributed by atoms with E-state index in [9.17, 15) is 19.0 Å². The summed E-state index contributed by atoms with van der Waals surface area (Å²) in [6, 6.07) is -0.893. The van der Waals surface area contributed by atoms with E-state index in [0.29, 0.717) is 17.4 Å². The zero-order valence-electron chi connectivity index (χ0n) is 51.7. The summed E-state index contributed by atoms with van der Waals surface area (Å²) in [7, 11) is 1.18. The van der Waals surface area contributed by atoms with Crippen molar-refractivity contribution in [3.05, 3.63) is 48.6 Å². The first kappa shape index (κ1) is 75.0. The first-order valence-corrected chi connectivity index (χ1v) is 34.4. The minimum absolute atomic E-state index is 0.0241. The largest absolute Gasteiger partial charge is 0.756 e. The number of carbonyl (C=O) groups excluding carboxylic acids is 2. The van der Waals surface area contributed by atoms with Crippen molar-refractivity contribution in [3.8, 4) is 0 Å². The lowest BCUT2D eigenvalue weighted by Crippen LogP contribution is -2.47. The van der Waals surface area contributed by atoms with Gasteiger partial charge in [0.05, 0.1) is 33.8 Å². The van der Waals surface area contributed by atoms with E-state index < -0.39 is 26.6 Å². The zero-order chi connectivity index (χ0) is 56.4. The third-order valence-corrected chi connectivity index (χ3v) is 15.7. The molecule has 0 saturated heterocycles. The van der Waals surface area contributed by atoms with Crippen LogP contribution in [-0.4, -0.2) is 69.4 Å². The van der Waals surface area contributed by atoms with Crippen molar-refractivity contribution in [2.75, 3.05) is 40.9 Å². The molecule has 10 heteroatoms. The van der Waals surface area contributed by atoms with Crippen LogP contribution in [0.4, 0.5) is 0 Å². The number of rotatable bonds is 60. The molecule has 0 aromatic heterocycles. The van der Waals surface area contributed by atoms with Gasteiger partial charge in [-0.25, -0.2) is 0 Å². The first-order chi connectivity index (χ1) is 37.4. The molecule has 0 aliphatic heterocycles. The average molecular weight is 1100 g/mol. The summed E-state index contributed by atoms with van der Waals surface area (Å²) in [5.74, 6) is -0.543. The highest BCUT2D eigenvalue weighted by atomic mass is 31.2. The molecule has 452 valence electrons. The van der Waals surface area contributed by atoms with Gasteiger partial charge in [-0.15, -0.1) is 0 Å². The Labute approximate surface area is 478 Å². The van der Waals surface area contributed by atoms with Crippen LogP contribution in [0, 0.1) is 0 Å². The monoisotopic (exact) mass is 1100 g/mol. The maximum atomic E-state index is 13.5. The number of ether oxygens (including phenoxy) is 1. The average Bonchev–Trinajstić information content (AvgIpc) is 3.39. The summed E-state index contributed by atoms with van der Waals surface area (Å²) in [6.45, 7) is 6.84. The zero-order valence-corrected chi connectivity index (χ0v) is 52.6.